The molecule has 0 bridgehead atoms. The van der Waals surface area contributed by atoms with Crippen LogP contribution in [0.3, 0.4) is 0 Å². The highest BCUT2D eigenvalue weighted by molar-refractivity contribution is 5.33. The first-order chi connectivity index (χ1) is 6.67. The van der Waals surface area contributed by atoms with Crippen molar-refractivity contribution in [1.29, 1.82) is 0 Å². The second-order valence-electron chi connectivity index (χ2n) is 2.63. The SMILES string of the molecule is C#CC(CC)Nc1n[nH]c(=O)[nH]c1=O. The third kappa shape index (κ3) is 2.23. The molecule has 0 saturated carbocycles. The van der Waals surface area contributed by atoms with Crippen LogP contribution in [-0.4, -0.2) is 21.2 Å². The quantitative estimate of drug-likeness (QED) is 0.554. The summed E-state index contributed by atoms with van der Waals surface area (Å²) in [5.74, 6) is 2.47. The number of aromatic amines is 2. The Morgan fingerprint density at radius 1 is 1.64 bits per heavy atom. The molecule has 6 nitrogen and oxygen atoms in total. The van der Waals surface area contributed by atoms with E-state index in [2.05, 4.69) is 21.4 Å². The molecule has 0 aliphatic heterocycles. The van der Waals surface area contributed by atoms with Crippen LogP contribution in [0.25, 0.3) is 0 Å². The Labute approximate surface area is 79.8 Å². The number of nitrogens with zero attached hydrogens (tertiary/aromatic N) is 1. The molecule has 0 amide bonds. The van der Waals surface area contributed by atoms with Crippen molar-refractivity contribution in [3.63, 3.8) is 0 Å². The number of anilines is 1. The molecule has 3 N–H and O–H groups in total. The van der Waals surface area contributed by atoms with Gasteiger partial charge in [-0.2, -0.15) is 0 Å². The summed E-state index contributed by atoms with van der Waals surface area (Å²) in [4.78, 5) is 23.8. The van der Waals surface area contributed by atoms with Gasteiger partial charge >= 0.3 is 5.69 Å². The van der Waals surface area contributed by atoms with Crippen molar-refractivity contribution in [2.24, 2.45) is 0 Å². The lowest BCUT2D eigenvalue weighted by molar-refractivity contribution is 0.818. The molecule has 0 spiro atoms. The van der Waals surface area contributed by atoms with Crippen LogP contribution in [0.4, 0.5) is 5.82 Å². The first-order valence-corrected chi connectivity index (χ1v) is 4.09. The van der Waals surface area contributed by atoms with Gasteiger partial charge in [0.15, 0.2) is 0 Å². The van der Waals surface area contributed by atoms with E-state index < -0.39 is 11.2 Å². The summed E-state index contributed by atoms with van der Waals surface area (Å²) in [5.41, 5.74) is -1.23. The molecule has 0 radical (unpaired) electrons. The van der Waals surface area contributed by atoms with Crippen LogP contribution in [0.15, 0.2) is 9.59 Å². The Bertz CT molecular complexity index is 453. The molecule has 6 heteroatoms. The fraction of sp³-hybridized carbons (Fsp3) is 0.375. The Morgan fingerprint density at radius 2 is 2.36 bits per heavy atom. The first-order valence-electron chi connectivity index (χ1n) is 4.09. The van der Waals surface area contributed by atoms with Gasteiger partial charge in [-0.1, -0.05) is 12.8 Å². The molecule has 0 aliphatic rings. The Balaban J connectivity index is 2.94. The van der Waals surface area contributed by atoms with Crippen molar-refractivity contribution in [2.45, 2.75) is 19.4 Å². The lowest BCUT2D eigenvalue weighted by Gasteiger charge is -2.08. The van der Waals surface area contributed by atoms with E-state index in [1.165, 1.54) is 0 Å². The minimum absolute atomic E-state index is 0.0226. The van der Waals surface area contributed by atoms with Gasteiger partial charge in [-0.3, -0.25) is 9.78 Å². The Morgan fingerprint density at radius 3 is 2.86 bits per heavy atom. The Kier molecular flexibility index (Phi) is 3.07. The summed E-state index contributed by atoms with van der Waals surface area (Å²) < 4.78 is 0. The Hall–Kier alpha value is -2.03. The molecule has 1 aromatic heterocycles. The van der Waals surface area contributed by atoms with Crippen LogP contribution >= 0.6 is 0 Å². The van der Waals surface area contributed by atoms with Crippen LogP contribution < -0.4 is 16.6 Å². The second-order valence-corrected chi connectivity index (χ2v) is 2.63. The molecule has 0 fully saturated rings. The summed E-state index contributed by atoms with van der Waals surface area (Å²) in [7, 11) is 0. The largest absolute Gasteiger partial charge is 0.350 e. The summed E-state index contributed by atoms with van der Waals surface area (Å²) in [6.45, 7) is 1.87. The maximum absolute atomic E-state index is 11.1. The number of aromatic nitrogens is 3. The third-order valence-electron chi connectivity index (χ3n) is 1.63. The molecule has 0 aromatic carbocycles. The van der Waals surface area contributed by atoms with Gasteiger partial charge in [0.05, 0.1) is 6.04 Å². The number of nitrogens with one attached hydrogen (secondary N) is 3. The van der Waals surface area contributed by atoms with Crippen molar-refractivity contribution in [2.75, 3.05) is 5.32 Å². The van der Waals surface area contributed by atoms with E-state index in [0.717, 1.165) is 0 Å². The minimum atomic E-state index is -0.644. The number of hydrogen-bond donors (Lipinski definition) is 3. The van der Waals surface area contributed by atoms with Gasteiger partial charge < -0.3 is 5.32 Å². The van der Waals surface area contributed by atoms with Crippen LogP contribution in [0.5, 0.6) is 0 Å². The van der Waals surface area contributed by atoms with Crippen LogP contribution in [-0.2, 0) is 0 Å². The first kappa shape index (κ1) is 10.1. The fourth-order valence-electron chi connectivity index (χ4n) is 0.872. The van der Waals surface area contributed by atoms with Crippen LogP contribution in [0, 0.1) is 12.3 Å². The average molecular weight is 194 g/mol. The molecule has 1 unspecified atom stereocenters. The monoisotopic (exact) mass is 194 g/mol. The van der Waals surface area contributed by atoms with Gasteiger partial charge in [0.2, 0.25) is 5.82 Å². The fourth-order valence-corrected chi connectivity index (χ4v) is 0.872. The van der Waals surface area contributed by atoms with Crippen LogP contribution in [0.1, 0.15) is 13.3 Å². The van der Waals surface area contributed by atoms with E-state index in [9.17, 15) is 9.59 Å². The zero-order chi connectivity index (χ0) is 10.6. The summed E-state index contributed by atoms with van der Waals surface area (Å²) in [6, 6.07) is -0.269. The molecule has 1 atom stereocenters. The average Bonchev–Trinajstić information content (AvgIpc) is 2.17. The second kappa shape index (κ2) is 4.28. The van der Waals surface area contributed by atoms with Gasteiger partial charge in [0.1, 0.15) is 0 Å². The van der Waals surface area contributed by atoms with Crippen molar-refractivity contribution < 1.29 is 0 Å². The molecule has 74 valence electrons. The molecule has 0 aliphatic carbocycles. The van der Waals surface area contributed by atoms with Crippen molar-refractivity contribution in [1.82, 2.24) is 15.2 Å². The van der Waals surface area contributed by atoms with Crippen LogP contribution in [0.2, 0.25) is 0 Å². The van der Waals surface area contributed by atoms with E-state index in [0.29, 0.717) is 6.42 Å². The molecule has 14 heavy (non-hydrogen) atoms. The lowest BCUT2D eigenvalue weighted by Crippen LogP contribution is -2.30. The normalized spacial score (nSPS) is 11.7. The van der Waals surface area contributed by atoms with E-state index in [-0.39, 0.29) is 11.9 Å². The highest BCUT2D eigenvalue weighted by atomic mass is 16.2. The molecular formula is C8H10N4O2. The highest BCUT2D eigenvalue weighted by Crippen LogP contribution is 1.96. The predicted molar refractivity (Wildman–Crippen MR) is 52.0 cm³/mol. The molecule has 0 saturated heterocycles. The van der Waals surface area contributed by atoms with Gasteiger partial charge in [0, 0.05) is 0 Å². The number of hydrogen-bond acceptors (Lipinski definition) is 4. The van der Waals surface area contributed by atoms with E-state index in [1.807, 2.05) is 11.9 Å². The number of terminal acetylenes is 1. The number of rotatable bonds is 3. The zero-order valence-corrected chi connectivity index (χ0v) is 7.63. The molecule has 1 aromatic rings. The zero-order valence-electron chi connectivity index (χ0n) is 7.63. The lowest BCUT2D eigenvalue weighted by atomic mass is 10.2. The highest BCUT2D eigenvalue weighted by Gasteiger charge is 2.06. The smallest absolute Gasteiger partial charge is 0.342 e. The summed E-state index contributed by atoms with van der Waals surface area (Å²) in [6.07, 6.45) is 5.85. The maximum atomic E-state index is 11.1. The molecule has 1 rings (SSSR count). The molecule has 1 heterocycles. The van der Waals surface area contributed by atoms with Gasteiger partial charge in [0.25, 0.3) is 5.56 Å². The predicted octanol–water partition coefficient (Wildman–Crippen LogP) is -0.718. The van der Waals surface area contributed by atoms with Gasteiger partial charge in [-0.05, 0) is 6.42 Å². The van der Waals surface area contributed by atoms with Gasteiger partial charge in [-0.25, -0.2) is 9.89 Å². The molecular weight excluding hydrogens is 184 g/mol. The third-order valence-corrected chi connectivity index (χ3v) is 1.63. The van der Waals surface area contributed by atoms with Crippen molar-refractivity contribution >= 4 is 5.82 Å². The van der Waals surface area contributed by atoms with E-state index in [4.69, 9.17) is 6.42 Å². The standard InChI is InChI=1S/C8H10N4O2/c1-3-5(4-2)9-6-7(13)10-8(14)12-11-6/h1,5H,4H2,2H3,(H,9,11)(H2,10,12,13,14). The van der Waals surface area contributed by atoms with E-state index in [1.54, 1.807) is 0 Å². The van der Waals surface area contributed by atoms with Crippen molar-refractivity contribution in [3.8, 4) is 12.3 Å². The summed E-state index contributed by atoms with van der Waals surface area (Å²) >= 11 is 0. The maximum Gasteiger partial charge on any atom is 0.342 e. The minimum Gasteiger partial charge on any atom is -0.350 e. The summed E-state index contributed by atoms with van der Waals surface area (Å²) in [5, 5.41) is 8.34. The van der Waals surface area contributed by atoms with Crippen molar-refractivity contribution in [3.05, 3.63) is 20.8 Å². The van der Waals surface area contributed by atoms with Gasteiger partial charge in [-0.15, -0.1) is 11.5 Å². The number of H-pyrrole nitrogens is 2. The topological polar surface area (TPSA) is 90.6 Å². The van der Waals surface area contributed by atoms with E-state index >= 15 is 0 Å².